The van der Waals surface area contributed by atoms with Gasteiger partial charge in [-0.1, -0.05) is 6.92 Å². The SMILES string of the molecule is CCCOCC(F)(F)OC(F)(F)COCC(F)(F)OC(F)(F)C(F)(F)F. The number of hydrogen-bond acceptors (Lipinski definition) is 4. The van der Waals surface area contributed by atoms with Crippen LogP contribution in [-0.2, 0) is 18.9 Å². The van der Waals surface area contributed by atoms with Gasteiger partial charge in [0.05, 0.1) is 0 Å². The highest BCUT2D eigenvalue weighted by molar-refractivity contribution is 4.68. The fourth-order valence-corrected chi connectivity index (χ4v) is 1.18. The number of hydrogen-bond donors (Lipinski definition) is 0. The van der Waals surface area contributed by atoms with Crippen molar-refractivity contribution in [3.05, 3.63) is 0 Å². The average Bonchev–Trinajstić information content (AvgIpc) is 2.33. The normalized spacial score (nSPS) is 14.8. The van der Waals surface area contributed by atoms with Crippen molar-refractivity contribution in [1.29, 1.82) is 0 Å². The summed E-state index contributed by atoms with van der Waals surface area (Å²) in [4.78, 5) is 0. The maximum absolute atomic E-state index is 13.0. The van der Waals surface area contributed by atoms with Gasteiger partial charge in [-0.05, 0) is 6.42 Å². The summed E-state index contributed by atoms with van der Waals surface area (Å²) in [5, 5.41) is 0. The topological polar surface area (TPSA) is 36.9 Å². The summed E-state index contributed by atoms with van der Waals surface area (Å²) in [6.07, 6.45) is -27.3. The Morgan fingerprint density at radius 3 is 1.35 bits per heavy atom. The lowest BCUT2D eigenvalue weighted by Gasteiger charge is -2.26. The first kappa shape index (κ1) is 25.1. The molecule has 0 fully saturated rings. The molecular formula is C11H13F11O4. The van der Waals surface area contributed by atoms with Crippen molar-refractivity contribution in [2.45, 2.75) is 44.0 Å². The Kier molecular flexibility index (Phi) is 8.52. The minimum Gasteiger partial charge on any atom is -0.372 e. The Morgan fingerprint density at radius 2 is 0.962 bits per heavy atom. The zero-order chi connectivity index (χ0) is 20.9. The number of ether oxygens (including phenoxy) is 4. The van der Waals surface area contributed by atoms with Crippen molar-refractivity contribution in [2.75, 3.05) is 26.4 Å². The second-order valence-electron chi connectivity index (χ2n) is 4.68. The first-order valence-corrected chi connectivity index (χ1v) is 6.57. The van der Waals surface area contributed by atoms with Gasteiger partial charge in [0.1, 0.15) is 19.8 Å². The van der Waals surface area contributed by atoms with E-state index in [1.807, 2.05) is 0 Å². The van der Waals surface area contributed by atoms with Crippen LogP contribution in [0.5, 0.6) is 0 Å². The lowest BCUT2D eigenvalue weighted by molar-refractivity contribution is -0.462. The van der Waals surface area contributed by atoms with E-state index < -0.39 is 50.4 Å². The first-order valence-electron chi connectivity index (χ1n) is 6.57. The number of halogens is 11. The van der Waals surface area contributed by atoms with Crippen molar-refractivity contribution < 1.29 is 67.2 Å². The van der Waals surface area contributed by atoms with Crippen LogP contribution in [0.2, 0.25) is 0 Å². The van der Waals surface area contributed by atoms with E-state index in [2.05, 4.69) is 18.9 Å². The number of alkyl halides is 11. The molecule has 0 heterocycles. The summed E-state index contributed by atoms with van der Waals surface area (Å²) in [5.41, 5.74) is 0. The molecule has 4 nitrogen and oxygen atoms in total. The molecule has 0 aliphatic carbocycles. The monoisotopic (exact) mass is 418 g/mol. The quantitative estimate of drug-likeness (QED) is 0.348. The molecule has 0 unspecified atom stereocenters. The molecular weight excluding hydrogens is 405 g/mol. The molecule has 0 radical (unpaired) electrons. The van der Waals surface area contributed by atoms with Crippen molar-refractivity contribution in [3.63, 3.8) is 0 Å². The van der Waals surface area contributed by atoms with Crippen molar-refractivity contribution in [1.82, 2.24) is 0 Å². The Balaban J connectivity index is 4.54. The molecule has 15 heteroatoms. The first-order chi connectivity index (χ1) is 11.4. The standard InChI is InChI=1S/C11H13F11O4/c1-2-3-23-4-7(12,13)25-8(14,15)5-24-6-9(16,17)26-11(21,22)10(18,19)20/h2-6H2,1H3. The zero-order valence-electron chi connectivity index (χ0n) is 12.8. The average molecular weight is 418 g/mol. The molecule has 0 aliphatic heterocycles. The second kappa shape index (κ2) is 8.84. The molecule has 0 aromatic heterocycles. The smallest absolute Gasteiger partial charge is 0.372 e. The Hall–Kier alpha value is -0.930. The Labute approximate surface area is 139 Å². The fraction of sp³-hybridized carbons (Fsp3) is 1.00. The lowest BCUT2D eigenvalue weighted by atomic mass is 10.5. The van der Waals surface area contributed by atoms with Crippen LogP contribution >= 0.6 is 0 Å². The van der Waals surface area contributed by atoms with Crippen LogP contribution in [-0.4, -0.2) is 57.0 Å². The van der Waals surface area contributed by atoms with Gasteiger partial charge >= 0.3 is 30.6 Å². The van der Waals surface area contributed by atoms with Gasteiger partial charge in [-0.15, -0.1) is 0 Å². The molecule has 0 spiro atoms. The zero-order valence-corrected chi connectivity index (χ0v) is 12.8. The van der Waals surface area contributed by atoms with Crippen LogP contribution in [0.3, 0.4) is 0 Å². The Morgan fingerprint density at radius 1 is 0.577 bits per heavy atom. The van der Waals surface area contributed by atoms with Gasteiger partial charge in [0.2, 0.25) is 0 Å². The summed E-state index contributed by atoms with van der Waals surface area (Å²) in [7, 11) is 0. The maximum Gasteiger partial charge on any atom is 0.483 e. The van der Waals surface area contributed by atoms with Gasteiger partial charge in [-0.3, -0.25) is 4.74 Å². The van der Waals surface area contributed by atoms with Crippen LogP contribution < -0.4 is 0 Å². The number of rotatable bonds is 12. The lowest BCUT2D eigenvalue weighted by Crippen LogP contribution is -2.47. The summed E-state index contributed by atoms with van der Waals surface area (Å²) < 4.78 is 150. The van der Waals surface area contributed by atoms with Crippen LogP contribution in [0.25, 0.3) is 0 Å². The third-order valence-corrected chi connectivity index (χ3v) is 2.06. The van der Waals surface area contributed by atoms with E-state index >= 15 is 0 Å². The molecule has 0 saturated heterocycles. The van der Waals surface area contributed by atoms with Gasteiger partial charge in [0, 0.05) is 6.61 Å². The summed E-state index contributed by atoms with van der Waals surface area (Å²) in [5.74, 6) is 0. The molecule has 0 rings (SSSR count). The maximum atomic E-state index is 13.0. The Bertz CT molecular complexity index is 425. The van der Waals surface area contributed by atoms with Crippen LogP contribution in [0, 0.1) is 0 Å². The summed E-state index contributed by atoms with van der Waals surface area (Å²) >= 11 is 0. The highest BCUT2D eigenvalue weighted by atomic mass is 19.4. The fourth-order valence-electron chi connectivity index (χ4n) is 1.18. The van der Waals surface area contributed by atoms with E-state index in [9.17, 15) is 48.3 Å². The molecule has 0 N–H and O–H groups in total. The van der Waals surface area contributed by atoms with E-state index in [1.165, 1.54) is 6.92 Å². The van der Waals surface area contributed by atoms with E-state index in [0.29, 0.717) is 0 Å². The van der Waals surface area contributed by atoms with E-state index in [-0.39, 0.29) is 13.0 Å². The van der Waals surface area contributed by atoms with Gasteiger partial charge < -0.3 is 9.47 Å². The molecule has 0 bridgehead atoms. The second-order valence-corrected chi connectivity index (χ2v) is 4.68. The highest BCUT2D eigenvalue weighted by Crippen LogP contribution is 2.40. The molecule has 0 aromatic carbocycles. The van der Waals surface area contributed by atoms with Crippen molar-refractivity contribution >= 4 is 0 Å². The molecule has 0 aliphatic rings. The van der Waals surface area contributed by atoms with E-state index in [0.717, 1.165) is 0 Å². The van der Waals surface area contributed by atoms with Gasteiger partial charge in [0.15, 0.2) is 0 Å². The minimum atomic E-state index is -6.51. The van der Waals surface area contributed by atoms with E-state index in [4.69, 9.17) is 0 Å². The minimum absolute atomic E-state index is 0.224. The van der Waals surface area contributed by atoms with Gasteiger partial charge in [-0.25, -0.2) is 4.74 Å². The third-order valence-electron chi connectivity index (χ3n) is 2.06. The molecule has 26 heavy (non-hydrogen) atoms. The van der Waals surface area contributed by atoms with Gasteiger partial charge in [-0.2, -0.15) is 48.3 Å². The summed E-state index contributed by atoms with van der Waals surface area (Å²) in [6, 6.07) is 0. The van der Waals surface area contributed by atoms with E-state index in [1.54, 1.807) is 0 Å². The predicted molar refractivity (Wildman–Crippen MR) is 59.9 cm³/mol. The van der Waals surface area contributed by atoms with Crippen molar-refractivity contribution in [3.8, 4) is 0 Å². The molecule has 0 aromatic rings. The molecule has 0 amide bonds. The van der Waals surface area contributed by atoms with Crippen LogP contribution in [0.1, 0.15) is 13.3 Å². The summed E-state index contributed by atoms with van der Waals surface area (Å²) in [6.45, 7) is -5.14. The van der Waals surface area contributed by atoms with Gasteiger partial charge in [0.25, 0.3) is 0 Å². The van der Waals surface area contributed by atoms with Crippen LogP contribution in [0.15, 0.2) is 0 Å². The molecule has 0 saturated carbocycles. The van der Waals surface area contributed by atoms with Crippen molar-refractivity contribution in [2.24, 2.45) is 0 Å². The molecule has 158 valence electrons. The largest absolute Gasteiger partial charge is 0.483 e. The third kappa shape index (κ3) is 9.68. The highest BCUT2D eigenvalue weighted by Gasteiger charge is 2.64. The predicted octanol–water partition coefficient (Wildman–Crippen LogP) is 4.40. The van der Waals surface area contributed by atoms with Crippen LogP contribution in [0.4, 0.5) is 48.3 Å². The molecule has 0 atom stereocenters.